The number of nitrogens with zero attached hydrogens (tertiary/aromatic N) is 2. The summed E-state index contributed by atoms with van der Waals surface area (Å²) in [7, 11) is 0. The number of hydrogen-bond donors (Lipinski definition) is 1. The van der Waals surface area contributed by atoms with Crippen LogP contribution in [0.2, 0.25) is 0 Å². The molecule has 2 rings (SSSR count). The smallest absolute Gasteiger partial charge is 0.277 e. The summed E-state index contributed by atoms with van der Waals surface area (Å²) in [6, 6.07) is 16.2. The van der Waals surface area contributed by atoms with Gasteiger partial charge in [0.1, 0.15) is 11.8 Å². The lowest BCUT2D eigenvalue weighted by Crippen LogP contribution is -2.24. The molecule has 0 aromatic heterocycles. The quantitative estimate of drug-likeness (QED) is 0.660. The minimum absolute atomic E-state index is 0.212. The third-order valence-corrected chi connectivity index (χ3v) is 3.17. The number of nitriles is 1. The fraction of sp³-hybridized carbons (Fsp3) is 0.0625. The molecule has 6 heteroatoms. The SMILES string of the molecule is N#Cc1ccccc1OCC(=O)NN=Cc1ccc(Br)cc1. The van der Waals surface area contributed by atoms with Gasteiger partial charge in [0.2, 0.25) is 0 Å². The van der Waals surface area contributed by atoms with E-state index in [-0.39, 0.29) is 6.61 Å². The summed E-state index contributed by atoms with van der Waals surface area (Å²) in [4.78, 5) is 11.6. The minimum Gasteiger partial charge on any atom is -0.482 e. The van der Waals surface area contributed by atoms with Crippen LogP contribution in [-0.4, -0.2) is 18.7 Å². The zero-order valence-corrected chi connectivity index (χ0v) is 13.1. The van der Waals surface area contributed by atoms with Crippen molar-refractivity contribution in [1.82, 2.24) is 5.43 Å². The first kappa shape index (κ1) is 15.7. The molecule has 0 fully saturated rings. The van der Waals surface area contributed by atoms with Crippen LogP contribution in [0.15, 0.2) is 58.1 Å². The lowest BCUT2D eigenvalue weighted by atomic mass is 10.2. The van der Waals surface area contributed by atoms with E-state index in [1.54, 1.807) is 24.3 Å². The summed E-state index contributed by atoms with van der Waals surface area (Å²) >= 11 is 3.34. The fourth-order valence-electron chi connectivity index (χ4n) is 1.59. The number of rotatable bonds is 5. The molecule has 2 aromatic rings. The number of carbonyl (C=O) groups excluding carboxylic acids is 1. The Morgan fingerprint density at radius 2 is 2.00 bits per heavy atom. The van der Waals surface area contributed by atoms with Gasteiger partial charge < -0.3 is 4.74 Å². The molecule has 2 aromatic carbocycles. The highest BCUT2D eigenvalue weighted by molar-refractivity contribution is 9.10. The fourth-order valence-corrected chi connectivity index (χ4v) is 1.85. The molecule has 110 valence electrons. The summed E-state index contributed by atoms with van der Waals surface area (Å²) in [5.41, 5.74) is 3.61. The van der Waals surface area contributed by atoms with Crippen molar-refractivity contribution < 1.29 is 9.53 Å². The van der Waals surface area contributed by atoms with Gasteiger partial charge in [-0.05, 0) is 29.8 Å². The van der Waals surface area contributed by atoms with Crippen molar-refractivity contribution >= 4 is 28.1 Å². The molecular formula is C16H12BrN3O2. The molecule has 0 saturated carbocycles. The molecule has 0 spiro atoms. The third-order valence-electron chi connectivity index (χ3n) is 2.64. The van der Waals surface area contributed by atoms with Gasteiger partial charge in [-0.1, -0.05) is 40.2 Å². The van der Waals surface area contributed by atoms with Gasteiger partial charge in [0.05, 0.1) is 11.8 Å². The van der Waals surface area contributed by atoms with E-state index in [1.807, 2.05) is 30.3 Å². The van der Waals surface area contributed by atoms with Gasteiger partial charge in [-0.2, -0.15) is 10.4 Å². The zero-order valence-electron chi connectivity index (χ0n) is 11.5. The highest BCUT2D eigenvalue weighted by Gasteiger charge is 2.05. The van der Waals surface area contributed by atoms with Gasteiger partial charge in [-0.25, -0.2) is 5.43 Å². The monoisotopic (exact) mass is 357 g/mol. The Morgan fingerprint density at radius 3 is 2.73 bits per heavy atom. The summed E-state index contributed by atoms with van der Waals surface area (Å²) < 4.78 is 6.26. The van der Waals surface area contributed by atoms with Crippen LogP contribution in [0.25, 0.3) is 0 Å². The van der Waals surface area contributed by atoms with Crippen LogP contribution in [0, 0.1) is 11.3 Å². The molecule has 0 saturated heterocycles. The first-order valence-corrected chi connectivity index (χ1v) is 7.18. The molecule has 0 aliphatic heterocycles. The lowest BCUT2D eigenvalue weighted by Gasteiger charge is -2.06. The van der Waals surface area contributed by atoms with E-state index in [4.69, 9.17) is 10.00 Å². The topological polar surface area (TPSA) is 74.5 Å². The summed E-state index contributed by atoms with van der Waals surface area (Å²) in [5.74, 6) is -0.0295. The largest absolute Gasteiger partial charge is 0.482 e. The second-order valence-electron chi connectivity index (χ2n) is 4.24. The number of carbonyl (C=O) groups is 1. The molecular weight excluding hydrogens is 346 g/mol. The maximum atomic E-state index is 11.6. The number of hydrogen-bond acceptors (Lipinski definition) is 4. The van der Waals surface area contributed by atoms with Crippen LogP contribution in [0.5, 0.6) is 5.75 Å². The van der Waals surface area contributed by atoms with E-state index in [1.165, 1.54) is 6.21 Å². The summed E-state index contributed by atoms with van der Waals surface area (Å²) in [6.45, 7) is -0.212. The van der Waals surface area contributed by atoms with Crippen molar-refractivity contribution in [2.45, 2.75) is 0 Å². The summed E-state index contributed by atoms with van der Waals surface area (Å²) in [5, 5.41) is 12.8. The molecule has 0 unspecified atom stereocenters. The van der Waals surface area contributed by atoms with Gasteiger partial charge in [-0.3, -0.25) is 4.79 Å². The van der Waals surface area contributed by atoms with Gasteiger partial charge in [0, 0.05) is 4.47 Å². The van der Waals surface area contributed by atoms with E-state index < -0.39 is 5.91 Å². The molecule has 5 nitrogen and oxygen atoms in total. The van der Waals surface area contributed by atoms with Gasteiger partial charge >= 0.3 is 0 Å². The average molecular weight is 358 g/mol. The van der Waals surface area contributed by atoms with E-state index >= 15 is 0 Å². The van der Waals surface area contributed by atoms with E-state index in [0.717, 1.165) is 10.0 Å². The first-order valence-electron chi connectivity index (χ1n) is 6.38. The normalized spacial score (nSPS) is 10.2. The van der Waals surface area contributed by atoms with Crippen LogP contribution < -0.4 is 10.2 Å². The maximum absolute atomic E-state index is 11.6. The standard InChI is InChI=1S/C16H12BrN3O2/c17-14-7-5-12(6-8-14)10-19-20-16(21)11-22-15-4-2-1-3-13(15)9-18/h1-8,10H,11H2,(H,20,21). The van der Waals surface area contributed by atoms with Crippen LogP contribution in [0.4, 0.5) is 0 Å². The second-order valence-corrected chi connectivity index (χ2v) is 5.16. The van der Waals surface area contributed by atoms with Crippen molar-refractivity contribution in [3.05, 3.63) is 64.1 Å². The Balaban J connectivity index is 1.83. The highest BCUT2D eigenvalue weighted by Crippen LogP contribution is 2.16. The highest BCUT2D eigenvalue weighted by atomic mass is 79.9. The van der Waals surface area contributed by atoms with Gasteiger partial charge in [0.25, 0.3) is 5.91 Å². The van der Waals surface area contributed by atoms with E-state index in [9.17, 15) is 4.79 Å². The number of benzene rings is 2. The van der Waals surface area contributed by atoms with Crippen molar-refractivity contribution in [1.29, 1.82) is 5.26 Å². The Kier molecular flexibility index (Phi) is 5.69. The lowest BCUT2D eigenvalue weighted by molar-refractivity contribution is -0.123. The maximum Gasteiger partial charge on any atom is 0.277 e. The van der Waals surface area contributed by atoms with Crippen LogP contribution in [0.3, 0.4) is 0 Å². The molecule has 22 heavy (non-hydrogen) atoms. The van der Waals surface area contributed by atoms with Crippen molar-refractivity contribution in [2.24, 2.45) is 5.10 Å². The molecule has 0 heterocycles. The Labute approximate surface area is 136 Å². The number of ether oxygens (including phenoxy) is 1. The van der Waals surface area contributed by atoms with Crippen LogP contribution in [0.1, 0.15) is 11.1 Å². The molecule has 1 amide bonds. The summed E-state index contributed by atoms with van der Waals surface area (Å²) in [6.07, 6.45) is 1.54. The van der Waals surface area contributed by atoms with Crippen molar-refractivity contribution in [3.8, 4) is 11.8 Å². The Morgan fingerprint density at radius 1 is 1.27 bits per heavy atom. The van der Waals surface area contributed by atoms with Gasteiger partial charge in [-0.15, -0.1) is 0 Å². The first-order chi connectivity index (χ1) is 10.7. The number of halogens is 1. The Bertz CT molecular complexity index is 721. The Hall–Kier alpha value is -2.65. The number of para-hydroxylation sites is 1. The zero-order chi connectivity index (χ0) is 15.8. The molecule has 1 N–H and O–H groups in total. The van der Waals surface area contributed by atoms with E-state index in [0.29, 0.717) is 11.3 Å². The molecule has 0 radical (unpaired) electrons. The number of hydrazone groups is 1. The molecule has 0 atom stereocenters. The number of nitrogens with one attached hydrogen (secondary N) is 1. The molecule has 0 bridgehead atoms. The minimum atomic E-state index is -0.402. The van der Waals surface area contributed by atoms with Crippen LogP contribution in [-0.2, 0) is 4.79 Å². The average Bonchev–Trinajstić information content (AvgIpc) is 2.55. The van der Waals surface area contributed by atoms with E-state index in [2.05, 4.69) is 26.5 Å². The van der Waals surface area contributed by atoms with Crippen molar-refractivity contribution in [3.63, 3.8) is 0 Å². The molecule has 0 aliphatic carbocycles. The third kappa shape index (κ3) is 4.72. The second kappa shape index (κ2) is 7.96. The van der Waals surface area contributed by atoms with Crippen molar-refractivity contribution in [2.75, 3.05) is 6.61 Å². The van der Waals surface area contributed by atoms with Crippen LogP contribution >= 0.6 is 15.9 Å². The van der Waals surface area contributed by atoms with Gasteiger partial charge in [0.15, 0.2) is 6.61 Å². The molecule has 0 aliphatic rings. The number of amides is 1. The predicted molar refractivity (Wildman–Crippen MR) is 86.5 cm³/mol. The predicted octanol–water partition coefficient (Wildman–Crippen LogP) is 2.85.